The van der Waals surface area contributed by atoms with Crippen LogP contribution in [-0.2, 0) is 19.4 Å². The zero-order valence-corrected chi connectivity index (χ0v) is 12.9. The van der Waals surface area contributed by atoms with E-state index in [2.05, 4.69) is 5.32 Å². The molecule has 1 atom stereocenters. The van der Waals surface area contributed by atoms with Gasteiger partial charge in [0.15, 0.2) is 0 Å². The first-order valence-electron chi connectivity index (χ1n) is 6.39. The van der Waals surface area contributed by atoms with E-state index in [1.807, 2.05) is 11.9 Å². The molecule has 0 heterocycles. The number of nitrogens with zero attached hydrogens (tertiary/aromatic N) is 1. The Balaban J connectivity index is 2.69. The molecule has 0 aromatic rings. The van der Waals surface area contributed by atoms with Gasteiger partial charge < -0.3 is 15.0 Å². The lowest BCUT2D eigenvalue weighted by molar-refractivity contribution is -0.150. The second-order valence-electron chi connectivity index (χ2n) is 5.35. The molecule has 1 aliphatic carbocycles. The number of sulfone groups is 1. The molecule has 1 unspecified atom stereocenters. The van der Waals surface area contributed by atoms with Crippen molar-refractivity contribution in [1.29, 1.82) is 0 Å². The van der Waals surface area contributed by atoms with E-state index in [4.69, 9.17) is 4.74 Å². The number of likely N-dealkylation sites (N-methyl/N-ethyl adjacent to an activating group) is 2. The van der Waals surface area contributed by atoms with Gasteiger partial charge in [0.05, 0.1) is 12.9 Å². The lowest BCUT2D eigenvalue weighted by atomic mass is 9.92. The van der Waals surface area contributed by atoms with Crippen LogP contribution in [0.1, 0.15) is 12.8 Å². The van der Waals surface area contributed by atoms with E-state index >= 15 is 0 Å². The molecule has 6 nitrogen and oxygen atoms in total. The van der Waals surface area contributed by atoms with Crippen LogP contribution in [-0.4, -0.2) is 71.1 Å². The number of rotatable bonds is 8. The average molecular weight is 292 g/mol. The van der Waals surface area contributed by atoms with Crippen molar-refractivity contribution >= 4 is 15.8 Å². The lowest BCUT2D eigenvalue weighted by Gasteiger charge is -2.34. The minimum atomic E-state index is -2.99. The molecule has 0 aromatic heterocycles. The van der Waals surface area contributed by atoms with Gasteiger partial charge in [0, 0.05) is 19.3 Å². The van der Waals surface area contributed by atoms with Crippen LogP contribution in [0.5, 0.6) is 0 Å². The van der Waals surface area contributed by atoms with E-state index < -0.39 is 15.4 Å². The quantitative estimate of drug-likeness (QED) is 0.608. The second kappa shape index (κ2) is 6.19. The molecule has 1 N–H and O–H groups in total. The number of hydrogen-bond acceptors (Lipinski definition) is 6. The summed E-state index contributed by atoms with van der Waals surface area (Å²) in [5.41, 5.74) is -0.721. The van der Waals surface area contributed by atoms with Gasteiger partial charge in [0.2, 0.25) is 0 Å². The first kappa shape index (κ1) is 16.4. The van der Waals surface area contributed by atoms with Crippen molar-refractivity contribution in [2.24, 2.45) is 5.92 Å². The average Bonchev–Trinajstić information content (AvgIpc) is 3.16. The van der Waals surface area contributed by atoms with Crippen molar-refractivity contribution in [1.82, 2.24) is 10.2 Å². The van der Waals surface area contributed by atoms with Crippen molar-refractivity contribution < 1.29 is 17.9 Å². The van der Waals surface area contributed by atoms with Crippen LogP contribution in [0.2, 0.25) is 0 Å². The number of hydrogen-bond donors (Lipinski definition) is 1. The summed E-state index contributed by atoms with van der Waals surface area (Å²) in [4.78, 5) is 13.9. The third kappa shape index (κ3) is 4.43. The number of esters is 1. The van der Waals surface area contributed by atoms with Crippen molar-refractivity contribution in [3.05, 3.63) is 0 Å². The molecule has 0 radical (unpaired) electrons. The molecule has 1 rings (SSSR count). The zero-order valence-electron chi connectivity index (χ0n) is 12.1. The van der Waals surface area contributed by atoms with E-state index in [1.54, 1.807) is 7.05 Å². The fraction of sp³-hybridized carbons (Fsp3) is 0.917. The summed E-state index contributed by atoms with van der Waals surface area (Å²) in [6.07, 6.45) is 3.21. The SMILES string of the molecule is CNC(CN(C)CCS(C)(=O)=O)(C(=O)OC)C1CC1. The van der Waals surface area contributed by atoms with Crippen LogP contribution in [0.25, 0.3) is 0 Å². The van der Waals surface area contributed by atoms with Crippen molar-refractivity contribution in [2.45, 2.75) is 18.4 Å². The molecule has 7 heteroatoms. The number of nitrogens with one attached hydrogen (secondary N) is 1. The van der Waals surface area contributed by atoms with E-state index in [1.165, 1.54) is 13.4 Å². The Labute approximate surface area is 115 Å². The maximum atomic E-state index is 12.1. The molecular weight excluding hydrogens is 268 g/mol. The Morgan fingerprint density at radius 2 is 2.05 bits per heavy atom. The molecule has 1 saturated carbocycles. The molecule has 0 spiro atoms. The van der Waals surface area contributed by atoms with Gasteiger partial charge in [0.1, 0.15) is 15.4 Å². The summed E-state index contributed by atoms with van der Waals surface area (Å²) in [5.74, 6) is 0.0872. The highest BCUT2D eigenvalue weighted by atomic mass is 32.2. The highest BCUT2D eigenvalue weighted by Crippen LogP contribution is 2.40. The van der Waals surface area contributed by atoms with Gasteiger partial charge in [-0.15, -0.1) is 0 Å². The van der Waals surface area contributed by atoms with E-state index in [-0.39, 0.29) is 17.6 Å². The maximum absolute atomic E-state index is 12.1. The van der Waals surface area contributed by atoms with Crippen LogP contribution in [0.15, 0.2) is 0 Å². The summed E-state index contributed by atoms with van der Waals surface area (Å²) in [6.45, 7) is 0.863. The van der Waals surface area contributed by atoms with Gasteiger partial charge in [-0.3, -0.25) is 0 Å². The van der Waals surface area contributed by atoms with Crippen molar-refractivity contribution in [3.8, 4) is 0 Å². The normalized spacial score (nSPS) is 19.2. The van der Waals surface area contributed by atoms with Crippen molar-refractivity contribution in [3.63, 3.8) is 0 Å². The van der Waals surface area contributed by atoms with Crippen LogP contribution in [0.3, 0.4) is 0 Å². The lowest BCUT2D eigenvalue weighted by Crippen LogP contribution is -2.59. The molecular formula is C12H24N2O4S. The smallest absolute Gasteiger partial charge is 0.327 e. The Hall–Kier alpha value is -0.660. The van der Waals surface area contributed by atoms with Crippen LogP contribution >= 0.6 is 0 Å². The summed E-state index contributed by atoms with van der Waals surface area (Å²) in [5, 5.41) is 3.09. The second-order valence-corrected chi connectivity index (χ2v) is 7.61. The molecule has 19 heavy (non-hydrogen) atoms. The molecule has 1 fully saturated rings. The molecule has 0 bridgehead atoms. The summed E-state index contributed by atoms with van der Waals surface area (Å²) in [7, 11) is 1.96. The summed E-state index contributed by atoms with van der Waals surface area (Å²) in [6, 6.07) is 0. The van der Waals surface area contributed by atoms with Crippen LogP contribution in [0.4, 0.5) is 0 Å². The standard InChI is InChI=1S/C12H24N2O4S/c1-13-12(10-5-6-10,11(15)18-3)9-14(2)7-8-19(4,16)17/h10,13H,5-9H2,1-4H3. The molecule has 1 aliphatic rings. The largest absolute Gasteiger partial charge is 0.468 e. The van der Waals surface area contributed by atoms with Gasteiger partial charge >= 0.3 is 5.97 Å². The topological polar surface area (TPSA) is 75.7 Å². The Morgan fingerprint density at radius 1 is 1.47 bits per heavy atom. The fourth-order valence-electron chi connectivity index (χ4n) is 2.33. The maximum Gasteiger partial charge on any atom is 0.327 e. The third-order valence-corrected chi connectivity index (χ3v) is 4.56. The first-order valence-corrected chi connectivity index (χ1v) is 8.45. The molecule has 112 valence electrons. The summed E-state index contributed by atoms with van der Waals surface area (Å²) < 4.78 is 27.3. The highest BCUT2D eigenvalue weighted by molar-refractivity contribution is 7.90. The number of carbonyl (C=O) groups excluding carboxylic acids is 1. The predicted octanol–water partition coefficient (Wildman–Crippen LogP) is -0.496. The van der Waals surface area contributed by atoms with Gasteiger partial charge in [-0.2, -0.15) is 0 Å². The van der Waals surface area contributed by atoms with E-state index in [9.17, 15) is 13.2 Å². The monoisotopic (exact) mass is 292 g/mol. The Morgan fingerprint density at radius 3 is 2.42 bits per heavy atom. The van der Waals surface area contributed by atoms with Gasteiger partial charge in [-0.1, -0.05) is 0 Å². The molecule has 0 aromatic carbocycles. The van der Waals surface area contributed by atoms with Crippen molar-refractivity contribution in [2.75, 3.05) is 46.3 Å². The minimum absolute atomic E-state index is 0.0924. The molecule has 0 amide bonds. The number of ether oxygens (including phenoxy) is 1. The fourth-order valence-corrected chi connectivity index (χ4v) is 2.97. The Bertz CT molecular complexity index is 419. The third-order valence-electron chi connectivity index (χ3n) is 3.63. The number of carbonyl (C=O) groups is 1. The van der Waals surface area contributed by atoms with E-state index in [0.29, 0.717) is 13.1 Å². The zero-order chi connectivity index (χ0) is 14.7. The van der Waals surface area contributed by atoms with E-state index in [0.717, 1.165) is 12.8 Å². The van der Waals surface area contributed by atoms with Crippen LogP contribution in [0, 0.1) is 5.92 Å². The number of methoxy groups -OCH3 is 1. The molecule has 0 aliphatic heterocycles. The van der Waals surface area contributed by atoms with Gasteiger partial charge in [-0.25, -0.2) is 13.2 Å². The minimum Gasteiger partial charge on any atom is -0.468 e. The predicted molar refractivity (Wildman–Crippen MR) is 73.7 cm³/mol. The van der Waals surface area contributed by atoms with Gasteiger partial charge in [0.25, 0.3) is 0 Å². The Kier molecular flexibility index (Phi) is 5.34. The van der Waals surface area contributed by atoms with Crippen LogP contribution < -0.4 is 5.32 Å². The first-order chi connectivity index (χ1) is 8.75. The summed E-state index contributed by atoms with van der Waals surface area (Å²) >= 11 is 0. The highest BCUT2D eigenvalue weighted by Gasteiger charge is 2.51. The molecule has 0 saturated heterocycles. The van der Waals surface area contributed by atoms with Gasteiger partial charge in [-0.05, 0) is 32.9 Å².